The lowest BCUT2D eigenvalue weighted by atomic mass is 9.95. The molecule has 4 nitrogen and oxygen atoms in total. The molecule has 0 radical (unpaired) electrons. The van der Waals surface area contributed by atoms with Crippen molar-refractivity contribution < 1.29 is 4.42 Å². The van der Waals surface area contributed by atoms with Crippen molar-refractivity contribution in [2.75, 3.05) is 9.80 Å². The van der Waals surface area contributed by atoms with E-state index in [2.05, 4.69) is 269 Å². The smallest absolute Gasteiger partial charge is 0.159 e. The van der Waals surface area contributed by atoms with E-state index in [9.17, 15) is 0 Å². The van der Waals surface area contributed by atoms with Gasteiger partial charge in [-0.25, -0.2) is 0 Å². The molecule has 0 bridgehead atoms. The van der Waals surface area contributed by atoms with Crippen LogP contribution in [0.3, 0.4) is 0 Å². The highest BCUT2D eigenvalue weighted by Gasteiger charge is 2.23. The molecule has 13 aromatic rings. The fourth-order valence-electron chi connectivity index (χ4n) is 10.2. The highest BCUT2D eigenvalue weighted by molar-refractivity contribution is 6.13. The highest BCUT2D eigenvalue weighted by Crippen LogP contribution is 2.47. The second-order valence-electron chi connectivity index (χ2n) is 17.3. The molecule has 4 heteroatoms. The normalized spacial score (nSPS) is 11.5. The molecular weight excluding hydrogens is 827 g/mol. The van der Waals surface area contributed by atoms with Gasteiger partial charge in [-0.3, -0.25) is 0 Å². The van der Waals surface area contributed by atoms with E-state index in [0.717, 1.165) is 83.8 Å². The molecule has 0 amide bonds. The van der Waals surface area contributed by atoms with Gasteiger partial charge in [0.25, 0.3) is 0 Å². The van der Waals surface area contributed by atoms with Crippen molar-refractivity contribution in [3.05, 3.63) is 261 Å². The monoisotopic (exact) mass is 869 g/mol. The van der Waals surface area contributed by atoms with Crippen LogP contribution in [0.25, 0.3) is 82.5 Å². The van der Waals surface area contributed by atoms with E-state index < -0.39 is 0 Å². The van der Waals surface area contributed by atoms with Crippen LogP contribution in [0, 0.1) is 0 Å². The van der Waals surface area contributed by atoms with E-state index in [1.807, 2.05) is 6.07 Å². The molecule has 13 rings (SSSR count). The van der Waals surface area contributed by atoms with Crippen LogP contribution in [0.4, 0.5) is 34.1 Å². The van der Waals surface area contributed by atoms with Crippen molar-refractivity contribution in [2.24, 2.45) is 0 Å². The highest BCUT2D eigenvalue weighted by atomic mass is 16.3. The Balaban J connectivity index is 0.933. The van der Waals surface area contributed by atoms with Crippen LogP contribution in [-0.4, -0.2) is 4.57 Å². The average Bonchev–Trinajstić information content (AvgIpc) is 3.96. The fourth-order valence-corrected chi connectivity index (χ4v) is 10.2. The summed E-state index contributed by atoms with van der Waals surface area (Å²) in [4.78, 5) is 4.72. The second kappa shape index (κ2) is 16.4. The van der Waals surface area contributed by atoms with E-state index in [1.54, 1.807) is 0 Å². The lowest BCUT2D eigenvalue weighted by Gasteiger charge is -2.28. The van der Waals surface area contributed by atoms with Crippen LogP contribution < -0.4 is 9.80 Å². The third-order valence-electron chi connectivity index (χ3n) is 13.4. The number of benzene rings is 11. The van der Waals surface area contributed by atoms with E-state index >= 15 is 0 Å². The number of anilines is 6. The van der Waals surface area contributed by atoms with Crippen molar-refractivity contribution in [3.8, 4) is 27.9 Å². The summed E-state index contributed by atoms with van der Waals surface area (Å²) < 4.78 is 9.10. The van der Waals surface area contributed by atoms with Crippen LogP contribution >= 0.6 is 0 Å². The lowest BCUT2D eigenvalue weighted by Crippen LogP contribution is -2.11. The largest absolute Gasteiger partial charge is 0.454 e. The molecule has 0 atom stereocenters. The van der Waals surface area contributed by atoms with Gasteiger partial charge in [-0.05, 0) is 113 Å². The minimum Gasteiger partial charge on any atom is -0.454 e. The summed E-state index contributed by atoms with van der Waals surface area (Å²) in [5.74, 6) is 0. The summed E-state index contributed by atoms with van der Waals surface area (Å²) in [6.45, 7) is 0. The van der Waals surface area contributed by atoms with Crippen LogP contribution in [0.5, 0.6) is 0 Å². The number of fused-ring (bicyclic) bond motifs is 7. The Hall–Kier alpha value is -9.12. The summed E-state index contributed by atoms with van der Waals surface area (Å²) in [5.41, 5.74) is 16.2. The molecule has 0 unspecified atom stereocenters. The van der Waals surface area contributed by atoms with E-state index in [4.69, 9.17) is 4.42 Å². The molecule has 0 spiro atoms. The summed E-state index contributed by atoms with van der Waals surface area (Å²) in [7, 11) is 0. The van der Waals surface area contributed by atoms with Gasteiger partial charge >= 0.3 is 0 Å². The van der Waals surface area contributed by atoms with Crippen LogP contribution in [0.15, 0.2) is 265 Å². The maximum Gasteiger partial charge on any atom is 0.159 e. The van der Waals surface area contributed by atoms with Crippen LogP contribution in [0.1, 0.15) is 0 Å². The third kappa shape index (κ3) is 6.61. The van der Waals surface area contributed by atoms with E-state index in [-0.39, 0.29) is 0 Å². The predicted molar refractivity (Wildman–Crippen MR) is 286 cm³/mol. The first kappa shape index (κ1) is 39.3. The maximum atomic E-state index is 6.71. The van der Waals surface area contributed by atoms with Gasteiger partial charge in [0, 0.05) is 55.4 Å². The molecule has 0 aliphatic carbocycles. The summed E-state index contributed by atoms with van der Waals surface area (Å²) in [5, 5.41) is 6.97. The van der Waals surface area contributed by atoms with Gasteiger partial charge in [0.1, 0.15) is 5.58 Å². The Labute approximate surface area is 394 Å². The van der Waals surface area contributed by atoms with Gasteiger partial charge in [0.2, 0.25) is 0 Å². The zero-order chi connectivity index (χ0) is 45.0. The van der Waals surface area contributed by atoms with Crippen molar-refractivity contribution in [2.45, 2.75) is 0 Å². The molecule has 2 aromatic heterocycles. The number of para-hydroxylation sites is 5. The molecule has 0 aliphatic rings. The van der Waals surface area contributed by atoms with Gasteiger partial charge < -0.3 is 18.8 Å². The first-order valence-electron chi connectivity index (χ1n) is 23.2. The molecular formula is C64H43N3O. The molecule has 0 aliphatic heterocycles. The zero-order valence-electron chi connectivity index (χ0n) is 37.1. The fraction of sp³-hybridized carbons (Fsp3) is 0. The summed E-state index contributed by atoms with van der Waals surface area (Å²) in [6.07, 6.45) is 0. The average molecular weight is 870 g/mol. The van der Waals surface area contributed by atoms with Gasteiger partial charge in [-0.1, -0.05) is 176 Å². The second-order valence-corrected chi connectivity index (χ2v) is 17.3. The molecule has 2 heterocycles. The molecule has 0 N–H and O–H groups in total. The summed E-state index contributed by atoms with van der Waals surface area (Å²) >= 11 is 0. The van der Waals surface area contributed by atoms with Gasteiger partial charge in [-0.15, -0.1) is 0 Å². The molecule has 68 heavy (non-hydrogen) atoms. The minimum absolute atomic E-state index is 0.855. The lowest BCUT2D eigenvalue weighted by molar-refractivity contribution is 0.669. The minimum atomic E-state index is 0.855. The number of furan rings is 1. The molecule has 0 saturated carbocycles. The maximum absolute atomic E-state index is 6.71. The quantitative estimate of drug-likeness (QED) is 0.144. The number of hydrogen-bond acceptors (Lipinski definition) is 3. The topological polar surface area (TPSA) is 24.6 Å². The van der Waals surface area contributed by atoms with E-state index in [1.165, 1.54) is 32.8 Å². The Kier molecular flexibility index (Phi) is 9.47. The van der Waals surface area contributed by atoms with Crippen LogP contribution in [-0.2, 0) is 0 Å². The van der Waals surface area contributed by atoms with Crippen molar-refractivity contribution in [3.63, 3.8) is 0 Å². The third-order valence-corrected chi connectivity index (χ3v) is 13.4. The molecule has 320 valence electrons. The van der Waals surface area contributed by atoms with E-state index in [0.29, 0.717) is 0 Å². The first-order chi connectivity index (χ1) is 33.7. The standard InChI is InChI=1S/C64H43N3O/c1-4-17-44(18-5-1)45-31-35-50(36-32-45)66(61-29-16-27-58-57-26-13-15-30-63(57)68-64(58)61)60-42-41-52(53-23-10-11-24-54(53)60)46-33-37-49(38-34-46)65(47-19-6-2-7-20-47)51-39-40-56-55-25-12-14-28-59(55)67(62(56)43-51)48-21-8-3-9-22-48/h1-43H. The number of aromatic nitrogens is 1. The SMILES string of the molecule is c1ccc(-c2ccc(N(c3ccc(-c4ccc(N(c5ccccc5)c5ccc6c7ccccc7n(-c7ccccc7)c6c5)cc4)c4ccccc34)c3cccc4c3oc3ccccc34)cc2)cc1. The molecule has 0 fully saturated rings. The van der Waals surface area contributed by atoms with Crippen LogP contribution in [0.2, 0.25) is 0 Å². The Morgan fingerprint density at radius 3 is 1.60 bits per heavy atom. The zero-order valence-corrected chi connectivity index (χ0v) is 37.1. The van der Waals surface area contributed by atoms with Gasteiger partial charge in [0.05, 0.1) is 22.4 Å². The number of rotatable bonds is 9. The molecule has 11 aromatic carbocycles. The number of hydrogen-bond donors (Lipinski definition) is 0. The van der Waals surface area contributed by atoms with Crippen molar-refractivity contribution in [1.29, 1.82) is 0 Å². The van der Waals surface area contributed by atoms with Gasteiger partial charge in [-0.2, -0.15) is 0 Å². The predicted octanol–water partition coefficient (Wildman–Crippen LogP) is 18.1. The Morgan fingerprint density at radius 2 is 0.838 bits per heavy atom. The van der Waals surface area contributed by atoms with Gasteiger partial charge in [0.15, 0.2) is 5.58 Å². The Morgan fingerprint density at radius 1 is 0.294 bits per heavy atom. The first-order valence-corrected chi connectivity index (χ1v) is 23.2. The van der Waals surface area contributed by atoms with Crippen molar-refractivity contribution >= 4 is 88.6 Å². The number of nitrogens with zero attached hydrogens (tertiary/aromatic N) is 3. The summed E-state index contributed by atoms with van der Waals surface area (Å²) in [6, 6.07) is 93.5. The Bertz CT molecular complexity index is 3950. The molecule has 0 saturated heterocycles. The van der Waals surface area contributed by atoms with Crippen molar-refractivity contribution in [1.82, 2.24) is 4.57 Å².